The topological polar surface area (TPSA) is 43.6 Å². The molecule has 0 aliphatic carbocycles. The molecule has 1 aromatic heterocycles. The Balaban J connectivity index is 2.15. The van der Waals surface area contributed by atoms with Crippen LogP contribution < -0.4 is 0 Å². The van der Waals surface area contributed by atoms with Crippen molar-refractivity contribution in [1.29, 1.82) is 0 Å². The first kappa shape index (κ1) is 13.1. The van der Waals surface area contributed by atoms with E-state index in [0.717, 1.165) is 16.8 Å². The van der Waals surface area contributed by atoms with Crippen molar-refractivity contribution in [2.24, 2.45) is 0 Å². The van der Waals surface area contributed by atoms with Crippen LogP contribution in [0.2, 0.25) is 10.0 Å². The summed E-state index contributed by atoms with van der Waals surface area (Å²) in [5.74, 6) is 0.645. The van der Waals surface area contributed by atoms with E-state index in [4.69, 9.17) is 23.2 Å². The van der Waals surface area contributed by atoms with Crippen molar-refractivity contribution in [3.05, 3.63) is 58.1 Å². The van der Waals surface area contributed by atoms with Crippen LogP contribution in [0, 0.1) is 6.92 Å². The van der Waals surface area contributed by atoms with Crippen molar-refractivity contribution in [3.8, 4) is 17.1 Å². The molecule has 0 saturated heterocycles. The Labute approximate surface area is 126 Å². The number of tetrazole rings is 1. The molecule has 0 unspecified atom stereocenters. The lowest BCUT2D eigenvalue weighted by Gasteiger charge is -2.08. The highest BCUT2D eigenvalue weighted by molar-refractivity contribution is 6.31. The average Bonchev–Trinajstić information content (AvgIpc) is 2.91. The van der Waals surface area contributed by atoms with E-state index in [0.29, 0.717) is 15.9 Å². The third-order valence-corrected chi connectivity index (χ3v) is 3.46. The van der Waals surface area contributed by atoms with Gasteiger partial charge in [-0.15, -0.1) is 5.10 Å². The Kier molecular flexibility index (Phi) is 3.42. The van der Waals surface area contributed by atoms with Crippen molar-refractivity contribution >= 4 is 23.2 Å². The van der Waals surface area contributed by atoms with Gasteiger partial charge in [0.1, 0.15) is 0 Å². The van der Waals surface area contributed by atoms with Gasteiger partial charge in [-0.25, -0.2) is 0 Å². The molecule has 20 heavy (non-hydrogen) atoms. The van der Waals surface area contributed by atoms with Crippen LogP contribution >= 0.6 is 23.2 Å². The van der Waals surface area contributed by atoms with Gasteiger partial charge in [0, 0.05) is 15.6 Å². The molecule has 0 aliphatic heterocycles. The minimum Gasteiger partial charge on any atom is -0.192 e. The van der Waals surface area contributed by atoms with Crippen LogP contribution in [0.25, 0.3) is 17.1 Å². The molecule has 4 nitrogen and oxygen atoms in total. The average molecular weight is 305 g/mol. The predicted octanol–water partition coefficient (Wildman–Crippen LogP) is 3.94. The first-order chi connectivity index (χ1) is 9.65. The zero-order valence-electron chi connectivity index (χ0n) is 10.6. The van der Waals surface area contributed by atoms with E-state index in [1.807, 2.05) is 37.3 Å². The Hall–Kier alpha value is -1.91. The molecule has 6 heteroatoms. The van der Waals surface area contributed by atoms with Gasteiger partial charge in [0.25, 0.3) is 0 Å². The first-order valence-corrected chi connectivity index (χ1v) is 6.71. The molecule has 3 aromatic rings. The fraction of sp³-hybridized carbons (Fsp3) is 0.0714. The summed E-state index contributed by atoms with van der Waals surface area (Å²) in [5.41, 5.74) is 2.78. The SMILES string of the molecule is Cc1ccc(Cl)cc1-n1nnnc1-c1ccc(Cl)cc1. The normalized spacial score (nSPS) is 10.8. The van der Waals surface area contributed by atoms with Crippen LogP contribution in [0.5, 0.6) is 0 Å². The Bertz CT molecular complexity index is 750. The third kappa shape index (κ3) is 2.40. The number of aromatic nitrogens is 4. The van der Waals surface area contributed by atoms with E-state index in [2.05, 4.69) is 15.5 Å². The van der Waals surface area contributed by atoms with Gasteiger partial charge in [0.15, 0.2) is 5.82 Å². The monoisotopic (exact) mass is 304 g/mol. The van der Waals surface area contributed by atoms with Gasteiger partial charge >= 0.3 is 0 Å². The molecular weight excluding hydrogens is 295 g/mol. The molecule has 0 amide bonds. The van der Waals surface area contributed by atoms with Crippen LogP contribution in [0.1, 0.15) is 5.56 Å². The highest BCUT2D eigenvalue weighted by Crippen LogP contribution is 2.24. The van der Waals surface area contributed by atoms with Gasteiger partial charge in [0.05, 0.1) is 5.69 Å². The molecule has 3 rings (SSSR count). The molecule has 0 spiro atoms. The van der Waals surface area contributed by atoms with Crippen molar-refractivity contribution < 1.29 is 0 Å². The van der Waals surface area contributed by atoms with E-state index in [1.165, 1.54) is 0 Å². The maximum atomic E-state index is 6.05. The zero-order chi connectivity index (χ0) is 14.1. The van der Waals surface area contributed by atoms with Gasteiger partial charge in [-0.2, -0.15) is 4.68 Å². The lowest BCUT2D eigenvalue weighted by atomic mass is 10.2. The minimum atomic E-state index is 0.642. The molecule has 0 saturated carbocycles. The summed E-state index contributed by atoms with van der Waals surface area (Å²) in [4.78, 5) is 0. The van der Waals surface area contributed by atoms with Crippen LogP contribution in [0.15, 0.2) is 42.5 Å². The van der Waals surface area contributed by atoms with Gasteiger partial charge in [-0.05, 0) is 59.3 Å². The molecule has 0 fully saturated rings. The van der Waals surface area contributed by atoms with Crippen molar-refractivity contribution in [2.45, 2.75) is 6.92 Å². The van der Waals surface area contributed by atoms with Crippen molar-refractivity contribution in [2.75, 3.05) is 0 Å². The zero-order valence-corrected chi connectivity index (χ0v) is 12.1. The molecular formula is C14H10Cl2N4. The number of rotatable bonds is 2. The Morgan fingerprint density at radius 2 is 1.65 bits per heavy atom. The lowest BCUT2D eigenvalue weighted by molar-refractivity contribution is 0.787. The number of hydrogen-bond donors (Lipinski definition) is 0. The largest absolute Gasteiger partial charge is 0.192 e. The highest BCUT2D eigenvalue weighted by atomic mass is 35.5. The third-order valence-electron chi connectivity index (χ3n) is 2.97. The summed E-state index contributed by atoms with van der Waals surface area (Å²) < 4.78 is 1.67. The Morgan fingerprint density at radius 3 is 2.40 bits per heavy atom. The molecule has 2 aromatic carbocycles. The quantitative estimate of drug-likeness (QED) is 0.720. The van der Waals surface area contributed by atoms with E-state index >= 15 is 0 Å². The molecule has 1 heterocycles. The molecule has 100 valence electrons. The smallest absolute Gasteiger partial charge is 0.187 e. The molecule has 0 radical (unpaired) electrons. The Morgan fingerprint density at radius 1 is 0.950 bits per heavy atom. The summed E-state index contributed by atoms with van der Waals surface area (Å²) in [5, 5.41) is 13.2. The van der Waals surface area contributed by atoms with Gasteiger partial charge < -0.3 is 0 Å². The van der Waals surface area contributed by atoms with E-state index in [1.54, 1.807) is 16.8 Å². The van der Waals surface area contributed by atoms with Gasteiger partial charge in [-0.1, -0.05) is 29.3 Å². The standard InChI is InChI=1S/C14H10Cl2N4/c1-9-2-5-12(16)8-13(9)20-14(17-18-19-20)10-3-6-11(15)7-4-10/h2-8H,1H3. The second-order valence-electron chi connectivity index (χ2n) is 4.35. The van der Waals surface area contributed by atoms with Gasteiger partial charge in [-0.3, -0.25) is 0 Å². The fourth-order valence-corrected chi connectivity index (χ4v) is 2.23. The second kappa shape index (κ2) is 5.23. The molecule has 0 atom stereocenters. The first-order valence-electron chi connectivity index (χ1n) is 5.96. The minimum absolute atomic E-state index is 0.642. The van der Waals surface area contributed by atoms with E-state index in [-0.39, 0.29) is 0 Å². The fourth-order valence-electron chi connectivity index (χ4n) is 1.94. The number of hydrogen-bond acceptors (Lipinski definition) is 3. The van der Waals surface area contributed by atoms with Crippen LogP contribution in [-0.4, -0.2) is 20.2 Å². The molecule has 0 aliphatic rings. The summed E-state index contributed by atoms with van der Waals surface area (Å²) in [6.45, 7) is 1.99. The maximum absolute atomic E-state index is 6.05. The maximum Gasteiger partial charge on any atom is 0.187 e. The number of aryl methyl sites for hydroxylation is 1. The van der Waals surface area contributed by atoms with Crippen LogP contribution in [0.3, 0.4) is 0 Å². The van der Waals surface area contributed by atoms with Crippen LogP contribution in [0.4, 0.5) is 0 Å². The van der Waals surface area contributed by atoms with Gasteiger partial charge in [0.2, 0.25) is 0 Å². The number of nitrogens with zero attached hydrogens (tertiary/aromatic N) is 4. The van der Waals surface area contributed by atoms with Crippen LogP contribution in [-0.2, 0) is 0 Å². The summed E-state index contributed by atoms with van der Waals surface area (Å²) in [6, 6.07) is 13.0. The van der Waals surface area contributed by atoms with E-state index in [9.17, 15) is 0 Å². The predicted molar refractivity (Wildman–Crippen MR) is 79.3 cm³/mol. The second-order valence-corrected chi connectivity index (χ2v) is 5.22. The van der Waals surface area contributed by atoms with E-state index < -0.39 is 0 Å². The summed E-state index contributed by atoms with van der Waals surface area (Å²) in [7, 11) is 0. The van der Waals surface area contributed by atoms with Crippen molar-refractivity contribution in [1.82, 2.24) is 20.2 Å². The van der Waals surface area contributed by atoms with Crippen molar-refractivity contribution in [3.63, 3.8) is 0 Å². The summed E-state index contributed by atoms with van der Waals surface area (Å²) >= 11 is 12.0. The molecule has 0 bridgehead atoms. The highest BCUT2D eigenvalue weighted by Gasteiger charge is 2.12. The summed E-state index contributed by atoms with van der Waals surface area (Å²) in [6.07, 6.45) is 0. The number of benzene rings is 2. The number of halogens is 2. The molecule has 0 N–H and O–H groups in total. The lowest BCUT2D eigenvalue weighted by Crippen LogP contribution is -2.02.